The van der Waals surface area contributed by atoms with Crippen LogP contribution in [0, 0.1) is 0 Å². The number of nitrogens with one attached hydrogen (secondary N) is 1. The second-order valence-corrected chi connectivity index (χ2v) is 4.58. The summed E-state index contributed by atoms with van der Waals surface area (Å²) in [5, 5.41) is 3.23. The van der Waals surface area contributed by atoms with E-state index in [0.717, 1.165) is 0 Å². The maximum atomic E-state index is 11.6. The van der Waals surface area contributed by atoms with E-state index in [9.17, 15) is 4.79 Å². The summed E-state index contributed by atoms with van der Waals surface area (Å²) in [6.45, 7) is 12.3. The molecule has 0 aromatic carbocycles. The first kappa shape index (κ1) is 15.6. The molecule has 0 saturated heterocycles. The number of hydrogen-bond acceptors (Lipinski definition) is 4. The topological polar surface area (TPSA) is 50.7 Å². The van der Waals surface area contributed by atoms with E-state index in [4.69, 9.17) is 4.74 Å². The van der Waals surface area contributed by atoms with Crippen molar-refractivity contribution in [2.24, 2.45) is 4.99 Å². The van der Waals surface area contributed by atoms with E-state index in [0.29, 0.717) is 18.7 Å². The summed E-state index contributed by atoms with van der Waals surface area (Å²) in [5.41, 5.74) is 0.426. The smallest absolute Gasteiger partial charge is 0.339 e. The molecule has 0 spiro atoms. The second kappa shape index (κ2) is 7.79. The van der Waals surface area contributed by atoms with Crippen molar-refractivity contribution in [3.05, 3.63) is 23.9 Å². The molecule has 0 fully saturated rings. The van der Waals surface area contributed by atoms with Crippen LogP contribution < -0.4 is 5.32 Å². The van der Waals surface area contributed by atoms with Gasteiger partial charge in [0.1, 0.15) is 6.61 Å². The summed E-state index contributed by atoms with van der Waals surface area (Å²) in [5.74, 6) is -0.383. The maximum Gasteiger partial charge on any atom is 0.339 e. The highest BCUT2D eigenvalue weighted by Crippen LogP contribution is 2.01. The van der Waals surface area contributed by atoms with Crippen molar-refractivity contribution in [3.8, 4) is 0 Å². The van der Waals surface area contributed by atoms with Crippen molar-refractivity contribution < 1.29 is 9.53 Å². The molecule has 0 aliphatic rings. The van der Waals surface area contributed by atoms with Crippen LogP contribution in [0.2, 0.25) is 0 Å². The third-order valence-electron chi connectivity index (χ3n) is 1.80. The molecule has 17 heavy (non-hydrogen) atoms. The van der Waals surface area contributed by atoms with E-state index >= 15 is 0 Å². The van der Waals surface area contributed by atoms with Gasteiger partial charge in [0.05, 0.1) is 5.57 Å². The first-order valence-corrected chi connectivity index (χ1v) is 5.61. The molecule has 0 saturated carbocycles. The Labute approximate surface area is 103 Å². The van der Waals surface area contributed by atoms with Crippen LogP contribution >= 0.6 is 0 Å². The minimum Gasteiger partial charge on any atom is -0.461 e. The van der Waals surface area contributed by atoms with Crippen molar-refractivity contribution in [2.45, 2.75) is 33.2 Å². The highest BCUT2D eigenvalue weighted by molar-refractivity contribution is 5.91. The standard InChI is InChI=1S/C13H22N2O2/c1-6-7-11(10-14-5)12(16)17-9-8-15-13(2,3)4/h6-7,10,15H,5,8-9H2,1-4H3/b7-6-,11-10+. The Morgan fingerprint density at radius 1 is 1.47 bits per heavy atom. The van der Waals surface area contributed by atoms with Crippen LogP contribution in [0.3, 0.4) is 0 Å². The molecule has 0 aromatic rings. The predicted molar refractivity (Wildman–Crippen MR) is 71.2 cm³/mol. The molecule has 4 nitrogen and oxygen atoms in total. The van der Waals surface area contributed by atoms with Crippen molar-refractivity contribution in [1.82, 2.24) is 5.32 Å². The van der Waals surface area contributed by atoms with Gasteiger partial charge in [0.25, 0.3) is 0 Å². The largest absolute Gasteiger partial charge is 0.461 e. The first-order chi connectivity index (χ1) is 7.90. The Balaban J connectivity index is 4.08. The summed E-state index contributed by atoms with van der Waals surface area (Å²) in [4.78, 5) is 15.2. The third-order valence-corrected chi connectivity index (χ3v) is 1.80. The summed E-state index contributed by atoms with van der Waals surface area (Å²) < 4.78 is 5.10. The Morgan fingerprint density at radius 2 is 2.12 bits per heavy atom. The molecule has 0 radical (unpaired) electrons. The minimum absolute atomic E-state index is 0.0249. The fourth-order valence-corrected chi connectivity index (χ4v) is 1.09. The van der Waals surface area contributed by atoms with Gasteiger partial charge in [-0.1, -0.05) is 12.2 Å². The zero-order valence-electron chi connectivity index (χ0n) is 11.1. The Bertz CT molecular complexity index is 312. The number of allylic oxidation sites excluding steroid dienone is 1. The molecule has 0 amide bonds. The number of aliphatic imine (C=N–C) groups is 1. The van der Waals surface area contributed by atoms with Crippen molar-refractivity contribution in [1.29, 1.82) is 0 Å². The lowest BCUT2D eigenvalue weighted by molar-refractivity contribution is -0.138. The number of carbonyl (C=O) groups is 1. The van der Waals surface area contributed by atoms with Crippen molar-refractivity contribution in [3.63, 3.8) is 0 Å². The van der Waals surface area contributed by atoms with E-state index in [1.807, 2.05) is 6.92 Å². The van der Waals surface area contributed by atoms with Gasteiger partial charge in [0.15, 0.2) is 0 Å². The number of carbonyl (C=O) groups excluding carboxylic acids is 1. The van der Waals surface area contributed by atoms with Gasteiger partial charge in [-0.2, -0.15) is 0 Å². The predicted octanol–water partition coefficient (Wildman–Crippen LogP) is 2.08. The quantitative estimate of drug-likeness (QED) is 0.253. The van der Waals surface area contributed by atoms with Gasteiger partial charge in [-0.25, -0.2) is 4.79 Å². The van der Waals surface area contributed by atoms with E-state index in [1.165, 1.54) is 6.20 Å². The highest BCUT2D eigenvalue weighted by Gasteiger charge is 2.10. The van der Waals surface area contributed by atoms with Gasteiger partial charge in [0, 0.05) is 18.3 Å². The Hall–Kier alpha value is -1.42. The molecule has 1 N–H and O–H groups in total. The number of rotatable bonds is 6. The van der Waals surface area contributed by atoms with Crippen LogP contribution in [0.15, 0.2) is 28.9 Å². The third kappa shape index (κ3) is 8.39. The summed E-state index contributed by atoms with van der Waals surface area (Å²) in [6.07, 6.45) is 4.79. The van der Waals surface area contributed by atoms with Gasteiger partial charge in [-0.05, 0) is 34.4 Å². The molecule has 0 unspecified atom stereocenters. The normalized spacial score (nSPS) is 12.8. The highest BCUT2D eigenvalue weighted by atomic mass is 16.5. The molecule has 0 aromatic heterocycles. The van der Waals surface area contributed by atoms with Gasteiger partial charge in [-0.15, -0.1) is 0 Å². The van der Waals surface area contributed by atoms with E-state index in [1.54, 1.807) is 12.2 Å². The van der Waals surface area contributed by atoms with Crippen LogP contribution in [-0.2, 0) is 9.53 Å². The number of nitrogens with zero attached hydrogens (tertiary/aromatic N) is 1. The van der Waals surface area contributed by atoms with Crippen LogP contribution in [-0.4, -0.2) is 31.4 Å². The maximum absolute atomic E-state index is 11.6. The molecule has 0 bridgehead atoms. The van der Waals surface area contributed by atoms with Crippen LogP contribution in [0.4, 0.5) is 0 Å². The van der Waals surface area contributed by atoms with Crippen molar-refractivity contribution in [2.75, 3.05) is 13.2 Å². The van der Waals surface area contributed by atoms with E-state index in [-0.39, 0.29) is 11.5 Å². The fraction of sp³-hybridized carbons (Fsp3) is 0.538. The molecule has 0 heterocycles. The van der Waals surface area contributed by atoms with Crippen LogP contribution in [0.1, 0.15) is 27.7 Å². The first-order valence-electron chi connectivity index (χ1n) is 5.61. The molecule has 0 aliphatic heterocycles. The molecule has 0 atom stereocenters. The van der Waals surface area contributed by atoms with Crippen LogP contribution in [0.5, 0.6) is 0 Å². The lowest BCUT2D eigenvalue weighted by Crippen LogP contribution is -2.38. The Morgan fingerprint density at radius 3 is 2.59 bits per heavy atom. The van der Waals surface area contributed by atoms with E-state index in [2.05, 4.69) is 37.8 Å². The molecule has 0 rings (SSSR count). The SMILES string of the molecule is C=N/C=C(\C=C/C)C(=O)OCCNC(C)(C)C. The summed E-state index contributed by atoms with van der Waals surface area (Å²) in [7, 11) is 0. The fourth-order valence-electron chi connectivity index (χ4n) is 1.09. The van der Waals surface area contributed by atoms with Gasteiger partial charge in [0.2, 0.25) is 0 Å². The zero-order valence-corrected chi connectivity index (χ0v) is 11.1. The van der Waals surface area contributed by atoms with Crippen LogP contribution in [0.25, 0.3) is 0 Å². The monoisotopic (exact) mass is 238 g/mol. The number of esters is 1. The zero-order chi connectivity index (χ0) is 13.3. The van der Waals surface area contributed by atoms with Crippen molar-refractivity contribution >= 4 is 12.7 Å². The van der Waals surface area contributed by atoms with Gasteiger partial charge >= 0.3 is 5.97 Å². The van der Waals surface area contributed by atoms with E-state index < -0.39 is 0 Å². The number of hydrogen-bond donors (Lipinski definition) is 1. The minimum atomic E-state index is -0.383. The summed E-state index contributed by atoms with van der Waals surface area (Å²) in [6, 6.07) is 0. The summed E-state index contributed by atoms with van der Waals surface area (Å²) >= 11 is 0. The average molecular weight is 238 g/mol. The van der Waals surface area contributed by atoms with Gasteiger partial charge < -0.3 is 10.1 Å². The lowest BCUT2D eigenvalue weighted by Gasteiger charge is -2.20. The molecular formula is C13H22N2O2. The van der Waals surface area contributed by atoms with Gasteiger partial charge in [-0.3, -0.25) is 4.99 Å². The Kier molecular flexibility index (Phi) is 7.14. The molecule has 0 aliphatic carbocycles. The molecule has 96 valence electrons. The second-order valence-electron chi connectivity index (χ2n) is 4.58. The lowest BCUT2D eigenvalue weighted by atomic mass is 10.1. The number of ether oxygens (including phenoxy) is 1. The molecular weight excluding hydrogens is 216 g/mol. The average Bonchev–Trinajstić information content (AvgIpc) is 2.22. The molecule has 4 heteroatoms.